The number of aliphatic carboxylic acids is 1. The molecule has 0 bridgehead atoms. The van der Waals surface area contributed by atoms with E-state index in [-0.39, 0.29) is 0 Å². The molecule has 0 rings (SSSR count). The van der Waals surface area contributed by atoms with Crippen LogP contribution in [-0.2, 0) is 4.79 Å². The Morgan fingerprint density at radius 1 is 1.54 bits per heavy atom. The van der Waals surface area contributed by atoms with Crippen LogP contribution < -0.4 is 0 Å². The molecule has 5 heteroatoms. The largest absolute Gasteiger partial charge is 0.480 e. The molecule has 0 aliphatic rings. The van der Waals surface area contributed by atoms with E-state index in [1.54, 1.807) is 6.92 Å². The Hall–Kier alpha value is -0.290. The van der Waals surface area contributed by atoms with Crippen LogP contribution in [0.15, 0.2) is 0 Å². The highest BCUT2D eigenvalue weighted by atomic mass is 32.2. The van der Waals surface area contributed by atoms with E-state index in [9.17, 15) is 4.79 Å². The summed E-state index contributed by atoms with van der Waals surface area (Å²) in [7, 11) is 0. The molecule has 13 heavy (non-hydrogen) atoms. The number of nitrogens with zero attached hydrogens (tertiary/aromatic N) is 1. The standard InChI is InChI=1S/C8H15NO2S2/c1-4-9(5-2)8(12)13-6(3)7(10)11/h6H,4-5H2,1-3H3,(H,10,11)/t6-/m1/s1. The van der Waals surface area contributed by atoms with E-state index in [0.717, 1.165) is 13.1 Å². The molecule has 0 saturated heterocycles. The van der Waals surface area contributed by atoms with Crippen molar-refractivity contribution in [2.24, 2.45) is 0 Å². The summed E-state index contributed by atoms with van der Waals surface area (Å²) < 4.78 is 0.667. The highest BCUT2D eigenvalue weighted by Crippen LogP contribution is 2.15. The maximum Gasteiger partial charge on any atom is 0.316 e. The van der Waals surface area contributed by atoms with Gasteiger partial charge in [-0.1, -0.05) is 24.0 Å². The fraction of sp³-hybridized carbons (Fsp3) is 0.750. The third kappa shape index (κ3) is 4.47. The molecule has 0 spiro atoms. The molecule has 0 fully saturated rings. The first-order chi connectivity index (χ1) is 6.02. The van der Waals surface area contributed by atoms with Gasteiger partial charge in [-0.05, 0) is 20.8 Å². The third-order valence-corrected chi connectivity index (χ3v) is 3.21. The zero-order valence-corrected chi connectivity index (χ0v) is 9.74. The van der Waals surface area contributed by atoms with Gasteiger partial charge in [-0.2, -0.15) is 0 Å². The second kappa shape index (κ2) is 6.21. The molecule has 76 valence electrons. The van der Waals surface area contributed by atoms with Gasteiger partial charge in [0.2, 0.25) is 0 Å². The first-order valence-electron chi connectivity index (χ1n) is 4.21. The minimum Gasteiger partial charge on any atom is -0.480 e. The summed E-state index contributed by atoms with van der Waals surface area (Å²) >= 11 is 6.32. The van der Waals surface area contributed by atoms with E-state index in [1.165, 1.54) is 11.8 Å². The van der Waals surface area contributed by atoms with Crippen LogP contribution in [0.1, 0.15) is 20.8 Å². The number of hydrogen-bond acceptors (Lipinski definition) is 3. The third-order valence-electron chi connectivity index (χ3n) is 1.65. The molecule has 1 N–H and O–H groups in total. The lowest BCUT2D eigenvalue weighted by Gasteiger charge is -2.21. The van der Waals surface area contributed by atoms with Crippen molar-refractivity contribution in [3.05, 3.63) is 0 Å². The van der Waals surface area contributed by atoms with Crippen molar-refractivity contribution in [2.45, 2.75) is 26.0 Å². The van der Waals surface area contributed by atoms with Gasteiger partial charge in [-0.25, -0.2) is 0 Å². The van der Waals surface area contributed by atoms with Crippen LogP contribution in [0.2, 0.25) is 0 Å². The minimum absolute atomic E-state index is 0.465. The lowest BCUT2D eigenvalue weighted by atomic mass is 10.5. The zero-order chi connectivity index (χ0) is 10.4. The number of carboxylic acid groups (broad SMARTS) is 1. The summed E-state index contributed by atoms with van der Waals surface area (Å²) in [5.74, 6) is -0.820. The lowest BCUT2D eigenvalue weighted by molar-refractivity contribution is -0.136. The number of rotatable bonds is 4. The van der Waals surface area contributed by atoms with Gasteiger partial charge in [0, 0.05) is 13.1 Å². The zero-order valence-electron chi connectivity index (χ0n) is 8.11. The molecule has 0 aromatic rings. The van der Waals surface area contributed by atoms with Crippen LogP contribution in [0.4, 0.5) is 0 Å². The molecule has 1 atom stereocenters. The van der Waals surface area contributed by atoms with Crippen molar-refractivity contribution in [2.75, 3.05) is 13.1 Å². The van der Waals surface area contributed by atoms with Crippen molar-refractivity contribution in [1.29, 1.82) is 0 Å². The predicted octanol–water partition coefficient (Wildman–Crippen LogP) is 1.82. The normalized spacial score (nSPS) is 12.2. The van der Waals surface area contributed by atoms with Crippen molar-refractivity contribution in [1.82, 2.24) is 4.90 Å². The Bertz CT molecular complexity index is 193. The Kier molecular flexibility index (Phi) is 6.07. The van der Waals surface area contributed by atoms with Crippen LogP contribution in [-0.4, -0.2) is 38.6 Å². The Labute approximate surface area is 88.5 Å². The van der Waals surface area contributed by atoms with Gasteiger partial charge in [0.15, 0.2) is 0 Å². The quantitative estimate of drug-likeness (QED) is 0.733. The SMILES string of the molecule is CCN(CC)C(=S)S[C@H](C)C(=O)O. The molecule has 0 amide bonds. The first kappa shape index (κ1) is 12.7. The fourth-order valence-electron chi connectivity index (χ4n) is 0.758. The average Bonchev–Trinajstić information content (AvgIpc) is 2.06. The molecule has 0 unspecified atom stereocenters. The van der Waals surface area contributed by atoms with Crippen LogP contribution in [0.25, 0.3) is 0 Å². The van der Waals surface area contributed by atoms with Crippen LogP contribution in [0.3, 0.4) is 0 Å². The van der Waals surface area contributed by atoms with Gasteiger partial charge in [-0.3, -0.25) is 4.79 Å². The van der Waals surface area contributed by atoms with Crippen molar-refractivity contribution < 1.29 is 9.90 Å². The first-order valence-corrected chi connectivity index (χ1v) is 5.50. The molecule has 0 aromatic carbocycles. The Balaban J connectivity index is 4.05. The number of thioether (sulfide) groups is 1. The average molecular weight is 221 g/mol. The number of carboxylic acids is 1. The number of carbonyl (C=O) groups is 1. The summed E-state index contributed by atoms with van der Waals surface area (Å²) in [6.45, 7) is 7.30. The van der Waals surface area contributed by atoms with Crippen LogP contribution >= 0.6 is 24.0 Å². The smallest absolute Gasteiger partial charge is 0.316 e. The monoisotopic (exact) mass is 221 g/mol. The molecule has 0 saturated carbocycles. The second-order valence-electron chi connectivity index (χ2n) is 2.54. The van der Waals surface area contributed by atoms with E-state index in [0.29, 0.717) is 4.32 Å². The summed E-state index contributed by atoms with van der Waals surface area (Å²) in [6.07, 6.45) is 0. The van der Waals surface area contributed by atoms with Crippen molar-refractivity contribution >= 4 is 34.3 Å². The maximum absolute atomic E-state index is 10.5. The molecule has 3 nitrogen and oxygen atoms in total. The van der Waals surface area contributed by atoms with Gasteiger partial charge in [-0.15, -0.1) is 0 Å². The van der Waals surface area contributed by atoms with E-state index in [4.69, 9.17) is 17.3 Å². The number of hydrogen-bond donors (Lipinski definition) is 1. The van der Waals surface area contributed by atoms with Gasteiger partial charge in [0.05, 0.1) is 0 Å². The molecule has 0 heterocycles. The van der Waals surface area contributed by atoms with E-state index < -0.39 is 11.2 Å². The lowest BCUT2D eigenvalue weighted by Crippen LogP contribution is -2.29. The predicted molar refractivity (Wildman–Crippen MR) is 60.2 cm³/mol. The summed E-state index contributed by atoms with van der Waals surface area (Å²) in [5, 5.41) is 8.19. The summed E-state index contributed by atoms with van der Waals surface area (Å²) in [4.78, 5) is 12.5. The van der Waals surface area contributed by atoms with E-state index >= 15 is 0 Å². The van der Waals surface area contributed by atoms with Gasteiger partial charge in [0.25, 0.3) is 0 Å². The van der Waals surface area contributed by atoms with Crippen LogP contribution in [0.5, 0.6) is 0 Å². The highest BCUT2D eigenvalue weighted by Gasteiger charge is 2.16. The van der Waals surface area contributed by atoms with E-state index in [1.807, 2.05) is 18.7 Å². The van der Waals surface area contributed by atoms with Crippen molar-refractivity contribution in [3.63, 3.8) is 0 Å². The summed E-state index contributed by atoms with van der Waals surface area (Å²) in [5.41, 5.74) is 0. The van der Waals surface area contributed by atoms with Gasteiger partial charge in [0.1, 0.15) is 9.57 Å². The minimum atomic E-state index is -0.820. The molecular formula is C8H15NO2S2. The molecule has 0 aliphatic heterocycles. The molecule has 0 aromatic heterocycles. The molecular weight excluding hydrogens is 206 g/mol. The topological polar surface area (TPSA) is 40.5 Å². The Morgan fingerprint density at radius 3 is 2.31 bits per heavy atom. The van der Waals surface area contributed by atoms with Gasteiger partial charge >= 0.3 is 5.97 Å². The second-order valence-corrected chi connectivity index (χ2v) is 4.51. The summed E-state index contributed by atoms with van der Waals surface area (Å²) in [6, 6.07) is 0. The number of thiocarbonyl (C=S) groups is 1. The van der Waals surface area contributed by atoms with E-state index in [2.05, 4.69) is 0 Å². The van der Waals surface area contributed by atoms with Crippen LogP contribution in [0, 0.1) is 0 Å². The Morgan fingerprint density at radius 2 is 2.00 bits per heavy atom. The fourth-order valence-corrected chi connectivity index (χ4v) is 2.26. The molecule has 0 radical (unpaired) electrons. The van der Waals surface area contributed by atoms with Crippen molar-refractivity contribution in [3.8, 4) is 0 Å². The molecule has 0 aliphatic carbocycles. The highest BCUT2D eigenvalue weighted by molar-refractivity contribution is 8.23. The maximum atomic E-state index is 10.5. The van der Waals surface area contributed by atoms with Gasteiger partial charge < -0.3 is 10.0 Å².